The molecule has 0 aliphatic rings. The fourth-order valence-electron chi connectivity index (χ4n) is 2.48. The van der Waals surface area contributed by atoms with Crippen LogP contribution < -0.4 is 5.32 Å². The molecule has 0 unspecified atom stereocenters. The molecule has 6 nitrogen and oxygen atoms in total. The van der Waals surface area contributed by atoms with Crippen molar-refractivity contribution in [2.45, 2.75) is 58.2 Å². The Labute approximate surface area is 150 Å². The zero-order valence-electron chi connectivity index (χ0n) is 15.6. The van der Waals surface area contributed by atoms with Crippen molar-refractivity contribution in [3.63, 3.8) is 0 Å². The lowest BCUT2D eigenvalue weighted by atomic mass is 10.1. The van der Waals surface area contributed by atoms with Gasteiger partial charge in [0.25, 0.3) is 0 Å². The second kappa shape index (κ2) is 10.0. The first-order chi connectivity index (χ1) is 11.7. The molecule has 0 radical (unpaired) electrons. The summed E-state index contributed by atoms with van der Waals surface area (Å²) < 4.78 is 5.16. The standard InChI is InChI=1S/C19H30N2O4/c1-19(2,3)25-18(24)20-13-9-8-12-16(17(22)23)21(4)14-15-10-6-5-7-11-15/h5-7,10-11,16H,8-9,12-14H2,1-4H3,(H,20,24)(H,22,23)/t16-/m0/s1. The summed E-state index contributed by atoms with van der Waals surface area (Å²) in [5.74, 6) is -0.821. The van der Waals surface area contributed by atoms with E-state index in [1.807, 2.05) is 63.1 Å². The van der Waals surface area contributed by atoms with E-state index in [0.29, 0.717) is 32.4 Å². The van der Waals surface area contributed by atoms with Crippen LogP contribution >= 0.6 is 0 Å². The van der Waals surface area contributed by atoms with Gasteiger partial charge >= 0.3 is 12.1 Å². The number of hydrogen-bond donors (Lipinski definition) is 2. The molecule has 1 aromatic carbocycles. The van der Waals surface area contributed by atoms with Gasteiger partial charge in [0.05, 0.1) is 0 Å². The van der Waals surface area contributed by atoms with E-state index >= 15 is 0 Å². The van der Waals surface area contributed by atoms with Crippen LogP contribution in [0.5, 0.6) is 0 Å². The van der Waals surface area contributed by atoms with Crippen molar-refractivity contribution < 1.29 is 19.4 Å². The van der Waals surface area contributed by atoms with Crippen LogP contribution in [0.15, 0.2) is 30.3 Å². The minimum absolute atomic E-state index is 0.441. The zero-order chi connectivity index (χ0) is 18.9. The molecule has 1 atom stereocenters. The van der Waals surface area contributed by atoms with E-state index in [1.165, 1.54) is 0 Å². The van der Waals surface area contributed by atoms with Crippen molar-refractivity contribution >= 4 is 12.1 Å². The highest BCUT2D eigenvalue weighted by molar-refractivity contribution is 5.73. The molecule has 1 amide bonds. The molecule has 0 saturated carbocycles. The van der Waals surface area contributed by atoms with Gasteiger partial charge in [-0.05, 0) is 52.6 Å². The number of aliphatic carboxylic acids is 1. The predicted octanol–water partition coefficient (Wildman–Crippen LogP) is 3.27. The Morgan fingerprint density at radius 3 is 2.40 bits per heavy atom. The molecule has 140 valence electrons. The molecule has 0 fully saturated rings. The summed E-state index contributed by atoms with van der Waals surface area (Å²) in [6.07, 6.45) is 1.52. The Morgan fingerprint density at radius 1 is 1.20 bits per heavy atom. The fourth-order valence-corrected chi connectivity index (χ4v) is 2.48. The molecule has 0 aliphatic heterocycles. The first-order valence-electron chi connectivity index (χ1n) is 8.63. The number of carbonyl (C=O) groups excluding carboxylic acids is 1. The molecule has 0 aromatic heterocycles. The molecule has 0 bridgehead atoms. The van der Waals surface area contributed by atoms with E-state index < -0.39 is 23.7 Å². The molecule has 0 spiro atoms. The van der Waals surface area contributed by atoms with Gasteiger partial charge < -0.3 is 15.2 Å². The predicted molar refractivity (Wildman–Crippen MR) is 97.4 cm³/mol. The Kier molecular flexibility index (Phi) is 8.41. The highest BCUT2D eigenvalue weighted by Crippen LogP contribution is 2.12. The minimum atomic E-state index is -0.821. The van der Waals surface area contributed by atoms with Crippen LogP contribution in [-0.4, -0.2) is 47.3 Å². The number of alkyl carbamates (subject to hydrolysis) is 1. The number of benzene rings is 1. The van der Waals surface area contributed by atoms with Crippen LogP contribution in [0, 0.1) is 0 Å². The van der Waals surface area contributed by atoms with Crippen molar-refractivity contribution in [3.05, 3.63) is 35.9 Å². The summed E-state index contributed by atoms with van der Waals surface area (Å²) in [5, 5.41) is 12.2. The van der Waals surface area contributed by atoms with Crippen LogP contribution in [0.3, 0.4) is 0 Å². The third kappa shape index (κ3) is 9.10. The van der Waals surface area contributed by atoms with Crippen molar-refractivity contribution in [2.75, 3.05) is 13.6 Å². The Bertz CT molecular complexity index is 540. The maximum Gasteiger partial charge on any atom is 0.407 e. The molecule has 0 saturated heterocycles. The summed E-state index contributed by atoms with van der Waals surface area (Å²) in [6.45, 7) is 6.50. The molecule has 0 aliphatic carbocycles. The summed E-state index contributed by atoms with van der Waals surface area (Å²) >= 11 is 0. The molecule has 0 heterocycles. The van der Waals surface area contributed by atoms with Crippen LogP contribution in [0.4, 0.5) is 4.79 Å². The molecule has 1 aromatic rings. The number of nitrogens with zero attached hydrogens (tertiary/aromatic N) is 1. The number of amides is 1. The average molecular weight is 350 g/mol. The van der Waals surface area contributed by atoms with E-state index in [2.05, 4.69) is 5.32 Å². The molecule has 2 N–H and O–H groups in total. The Hall–Kier alpha value is -2.08. The van der Waals surface area contributed by atoms with E-state index in [9.17, 15) is 14.7 Å². The zero-order valence-corrected chi connectivity index (χ0v) is 15.6. The van der Waals surface area contributed by atoms with Gasteiger partial charge in [-0.25, -0.2) is 4.79 Å². The van der Waals surface area contributed by atoms with Crippen molar-refractivity contribution in [3.8, 4) is 0 Å². The smallest absolute Gasteiger partial charge is 0.407 e. The highest BCUT2D eigenvalue weighted by atomic mass is 16.6. The maximum atomic E-state index is 11.5. The van der Waals surface area contributed by atoms with Gasteiger partial charge in [-0.15, -0.1) is 0 Å². The summed E-state index contributed by atoms with van der Waals surface area (Å²) in [4.78, 5) is 24.9. The molecular formula is C19H30N2O4. The number of ether oxygens (including phenoxy) is 1. The third-order valence-electron chi connectivity index (χ3n) is 3.66. The monoisotopic (exact) mass is 350 g/mol. The summed E-state index contributed by atoms with van der Waals surface area (Å²) in [7, 11) is 1.82. The number of hydrogen-bond acceptors (Lipinski definition) is 4. The number of carbonyl (C=O) groups is 2. The molecular weight excluding hydrogens is 320 g/mol. The molecule has 6 heteroatoms. The molecule has 25 heavy (non-hydrogen) atoms. The van der Waals surface area contributed by atoms with Crippen molar-refractivity contribution in [2.24, 2.45) is 0 Å². The number of carboxylic acid groups (broad SMARTS) is 1. The third-order valence-corrected chi connectivity index (χ3v) is 3.66. The van der Waals surface area contributed by atoms with Crippen LogP contribution in [0.2, 0.25) is 0 Å². The minimum Gasteiger partial charge on any atom is -0.480 e. The number of rotatable bonds is 9. The van der Waals surface area contributed by atoms with Gasteiger partial charge in [-0.3, -0.25) is 9.69 Å². The van der Waals surface area contributed by atoms with Gasteiger partial charge in [0.2, 0.25) is 0 Å². The summed E-state index contributed by atoms with van der Waals surface area (Å²) in [5.41, 5.74) is 0.571. The Morgan fingerprint density at radius 2 is 1.84 bits per heavy atom. The van der Waals surface area contributed by atoms with Gasteiger partial charge in [0.1, 0.15) is 11.6 Å². The number of unbranched alkanes of at least 4 members (excludes halogenated alkanes) is 1. The lowest BCUT2D eigenvalue weighted by Crippen LogP contribution is -2.38. The second-order valence-electron chi connectivity index (χ2n) is 7.18. The number of likely N-dealkylation sites (N-methyl/N-ethyl adjacent to an activating group) is 1. The van der Waals surface area contributed by atoms with E-state index in [1.54, 1.807) is 0 Å². The van der Waals surface area contributed by atoms with Gasteiger partial charge in [0, 0.05) is 13.1 Å². The van der Waals surface area contributed by atoms with Crippen molar-refractivity contribution in [1.29, 1.82) is 0 Å². The largest absolute Gasteiger partial charge is 0.480 e. The number of nitrogens with one attached hydrogen (secondary N) is 1. The topological polar surface area (TPSA) is 78.9 Å². The van der Waals surface area contributed by atoms with E-state index in [-0.39, 0.29) is 0 Å². The SMILES string of the molecule is CN(Cc1ccccc1)[C@@H](CCCCNC(=O)OC(C)(C)C)C(=O)O. The average Bonchev–Trinajstić information content (AvgIpc) is 2.49. The van der Waals surface area contributed by atoms with Gasteiger partial charge in [-0.1, -0.05) is 30.3 Å². The van der Waals surface area contributed by atoms with Crippen LogP contribution in [0.1, 0.15) is 45.6 Å². The molecule has 1 rings (SSSR count). The first-order valence-corrected chi connectivity index (χ1v) is 8.63. The lowest BCUT2D eigenvalue weighted by Gasteiger charge is -2.24. The Balaban J connectivity index is 2.34. The summed E-state index contributed by atoms with van der Waals surface area (Å²) in [6, 6.07) is 9.26. The highest BCUT2D eigenvalue weighted by Gasteiger charge is 2.22. The fraction of sp³-hybridized carbons (Fsp3) is 0.579. The van der Waals surface area contributed by atoms with Gasteiger partial charge in [0.15, 0.2) is 0 Å². The van der Waals surface area contributed by atoms with Gasteiger partial charge in [-0.2, -0.15) is 0 Å². The maximum absolute atomic E-state index is 11.5. The lowest BCUT2D eigenvalue weighted by molar-refractivity contribution is -0.143. The van der Waals surface area contributed by atoms with Crippen LogP contribution in [0.25, 0.3) is 0 Å². The number of carboxylic acids is 1. The van der Waals surface area contributed by atoms with E-state index in [4.69, 9.17) is 4.74 Å². The first kappa shape index (κ1) is 21.0. The van der Waals surface area contributed by atoms with Crippen molar-refractivity contribution in [1.82, 2.24) is 10.2 Å². The van der Waals surface area contributed by atoms with Crippen LogP contribution in [-0.2, 0) is 16.1 Å². The normalized spacial score (nSPS) is 12.7. The second-order valence-corrected chi connectivity index (χ2v) is 7.18. The van der Waals surface area contributed by atoms with E-state index in [0.717, 1.165) is 5.56 Å². The quantitative estimate of drug-likeness (QED) is 0.668.